The number of piperazine rings is 1. The molecule has 60 heavy (non-hydrogen) atoms. The van der Waals surface area contributed by atoms with Crippen LogP contribution in [0.3, 0.4) is 0 Å². The molecule has 13 heteroatoms. The number of carbonyl (C=O) groups is 3. The fraction of sp³-hybridized carbons (Fsp3) is 0.404. The number of aryl methyl sites for hydroxylation is 2. The first-order chi connectivity index (χ1) is 28.8. The van der Waals surface area contributed by atoms with Crippen LogP contribution in [0, 0.1) is 13.8 Å². The molecule has 1 unspecified atom stereocenters. The summed E-state index contributed by atoms with van der Waals surface area (Å²) in [5, 5.41) is 15.1. The molecular formula is C47H53N9O4. The van der Waals surface area contributed by atoms with Crippen LogP contribution < -0.4 is 10.2 Å². The Hall–Kier alpha value is -6.08. The van der Waals surface area contributed by atoms with Crippen LogP contribution in [0.2, 0.25) is 0 Å². The zero-order valence-electron chi connectivity index (χ0n) is 35.3. The number of aromatic amines is 1. The minimum atomic E-state index is -0.309. The number of ketones is 1. The van der Waals surface area contributed by atoms with Gasteiger partial charge in [-0.3, -0.25) is 34.7 Å². The van der Waals surface area contributed by atoms with Gasteiger partial charge >= 0.3 is 0 Å². The van der Waals surface area contributed by atoms with Crippen molar-refractivity contribution in [2.24, 2.45) is 0 Å². The molecule has 8 rings (SSSR count). The van der Waals surface area contributed by atoms with Crippen molar-refractivity contribution in [3.8, 4) is 22.4 Å². The van der Waals surface area contributed by atoms with Crippen molar-refractivity contribution in [2.75, 3.05) is 37.6 Å². The summed E-state index contributed by atoms with van der Waals surface area (Å²) < 4.78 is 5.33. The maximum Gasteiger partial charge on any atom is 0.238 e. The second-order valence-corrected chi connectivity index (χ2v) is 17.5. The lowest BCUT2D eigenvalue weighted by Crippen LogP contribution is -2.47. The highest BCUT2D eigenvalue weighted by Crippen LogP contribution is 2.34. The molecule has 2 aliphatic rings. The monoisotopic (exact) mass is 807 g/mol. The maximum absolute atomic E-state index is 12.9. The first-order valence-electron chi connectivity index (χ1n) is 21.0. The predicted molar refractivity (Wildman–Crippen MR) is 231 cm³/mol. The Kier molecular flexibility index (Phi) is 11.4. The fourth-order valence-electron chi connectivity index (χ4n) is 8.40. The number of rotatable bonds is 12. The van der Waals surface area contributed by atoms with E-state index in [0.29, 0.717) is 37.2 Å². The summed E-state index contributed by atoms with van der Waals surface area (Å²) in [5.41, 5.74) is 11.0. The molecule has 4 aromatic heterocycles. The number of hydrogen-bond donors (Lipinski definition) is 2. The van der Waals surface area contributed by atoms with Gasteiger partial charge in [-0.1, -0.05) is 57.1 Å². The number of amides is 2. The van der Waals surface area contributed by atoms with Crippen LogP contribution in [0.5, 0.6) is 0 Å². The molecule has 2 atom stereocenters. The van der Waals surface area contributed by atoms with Gasteiger partial charge in [-0.05, 0) is 90.8 Å². The number of aromatic nitrogens is 6. The lowest BCUT2D eigenvalue weighted by Gasteiger charge is -2.36. The molecule has 2 aromatic carbocycles. The smallest absolute Gasteiger partial charge is 0.238 e. The van der Waals surface area contributed by atoms with Gasteiger partial charge in [0.25, 0.3) is 0 Å². The Morgan fingerprint density at radius 1 is 0.917 bits per heavy atom. The van der Waals surface area contributed by atoms with E-state index in [1.54, 1.807) is 0 Å². The van der Waals surface area contributed by atoms with Gasteiger partial charge in [-0.25, -0.2) is 4.98 Å². The molecule has 0 bridgehead atoms. The lowest BCUT2D eigenvalue weighted by atomic mass is 9.88. The van der Waals surface area contributed by atoms with Crippen molar-refractivity contribution < 1.29 is 18.9 Å². The molecule has 2 saturated heterocycles. The molecule has 2 amide bonds. The first kappa shape index (κ1) is 40.7. The number of nitrogens with zero attached hydrogens (tertiary/aromatic N) is 7. The molecule has 0 radical (unpaired) electrons. The Balaban J connectivity index is 0.856. The van der Waals surface area contributed by atoms with Crippen LogP contribution in [-0.4, -0.2) is 85.5 Å². The molecule has 13 nitrogen and oxygen atoms in total. The Morgan fingerprint density at radius 3 is 2.38 bits per heavy atom. The third-order valence-corrected chi connectivity index (χ3v) is 12.1. The van der Waals surface area contributed by atoms with Crippen molar-refractivity contribution in [1.82, 2.24) is 40.5 Å². The van der Waals surface area contributed by atoms with E-state index in [1.807, 2.05) is 40.1 Å². The minimum absolute atomic E-state index is 0.106. The SMILES string of the molecule is Cc1cc(CCN2CCN(c3ccc(-c4cnc5n[nH]c(-c6ccc([C@@H](C)CCC(=O)c7noc(C(C)(C)C)n7)c(C)c6)c5c4)cc3)CC2)ncc1C1CCC(=O)NC1=O. The van der Waals surface area contributed by atoms with E-state index in [-0.39, 0.29) is 40.7 Å². The van der Waals surface area contributed by atoms with Crippen LogP contribution in [-0.2, 0) is 21.4 Å². The van der Waals surface area contributed by atoms with E-state index in [4.69, 9.17) is 14.5 Å². The van der Waals surface area contributed by atoms with E-state index < -0.39 is 0 Å². The molecule has 310 valence electrons. The number of carbonyl (C=O) groups excluding carboxylic acids is 3. The third kappa shape index (κ3) is 8.77. The quantitative estimate of drug-likeness (QED) is 0.0923. The summed E-state index contributed by atoms with van der Waals surface area (Å²) in [6.07, 6.45) is 6.48. The van der Waals surface area contributed by atoms with E-state index in [1.165, 1.54) is 11.3 Å². The number of piperidine rings is 1. The predicted octanol–water partition coefficient (Wildman–Crippen LogP) is 7.64. The molecular weight excluding hydrogens is 755 g/mol. The average Bonchev–Trinajstić information content (AvgIpc) is 3.91. The highest BCUT2D eigenvalue weighted by atomic mass is 16.5. The Bertz CT molecular complexity index is 2540. The molecule has 6 heterocycles. The van der Waals surface area contributed by atoms with E-state index in [9.17, 15) is 14.4 Å². The zero-order chi connectivity index (χ0) is 42.1. The van der Waals surface area contributed by atoms with Gasteiger partial charge < -0.3 is 9.42 Å². The maximum atomic E-state index is 12.9. The van der Waals surface area contributed by atoms with Crippen LogP contribution in [0.1, 0.15) is 110 Å². The van der Waals surface area contributed by atoms with Crippen LogP contribution >= 0.6 is 0 Å². The van der Waals surface area contributed by atoms with Crippen molar-refractivity contribution in [3.63, 3.8) is 0 Å². The number of H-pyrrole nitrogens is 1. The normalized spacial score (nSPS) is 17.0. The van der Waals surface area contributed by atoms with Crippen molar-refractivity contribution >= 4 is 34.3 Å². The number of imide groups is 1. The number of benzene rings is 2. The van der Waals surface area contributed by atoms with Crippen LogP contribution in [0.4, 0.5) is 5.69 Å². The fourth-order valence-corrected chi connectivity index (χ4v) is 8.40. The number of nitrogens with one attached hydrogen (secondary N) is 2. The number of anilines is 1. The third-order valence-electron chi connectivity index (χ3n) is 12.1. The number of fused-ring (bicyclic) bond motifs is 1. The van der Waals surface area contributed by atoms with Gasteiger partial charge in [-0.2, -0.15) is 10.1 Å². The minimum Gasteiger partial charge on any atom is -0.369 e. The zero-order valence-corrected chi connectivity index (χ0v) is 35.3. The highest BCUT2D eigenvalue weighted by molar-refractivity contribution is 6.01. The molecule has 2 N–H and O–H groups in total. The summed E-state index contributed by atoms with van der Waals surface area (Å²) in [7, 11) is 0. The average molecular weight is 808 g/mol. The molecule has 2 fully saturated rings. The van der Waals surface area contributed by atoms with E-state index in [2.05, 4.69) is 104 Å². The first-order valence-corrected chi connectivity index (χ1v) is 21.0. The summed E-state index contributed by atoms with van der Waals surface area (Å²) in [6, 6.07) is 19.4. The Morgan fingerprint density at radius 2 is 1.68 bits per heavy atom. The Labute approximate surface area is 350 Å². The van der Waals surface area contributed by atoms with Crippen LogP contribution in [0.25, 0.3) is 33.4 Å². The number of Topliss-reactive ketones (excluding diaryl/α,β-unsaturated/α-hetero) is 1. The summed E-state index contributed by atoms with van der Waals surface area (Å²) >= 11 is 0. The molecule has 6 aromatic rings. The highest BCUT2D eigenvalue weighted by Gasteiger charge is 2.30. The van der Waals surface area contributed by atoms with Crippen molar-refractivity contribution in [2.45, 2.75) is 90.9 Å². The van der Waals surface area contributed by atoms with E-state index >= 15 is 0 Å². The number of hydrogen-bond acceptors (Lipinski definition) is 11. The molecule has 0 spiro atoms. The van der Waals surface area contributed by atoms with Gasteiger partial charge in [0.1, 0.15) is 0 Å². The van der Waals surface area contributed by atoms with Gasteiger partial charge in [0.15, 0.2) is 5.65 Å². The van der Waals surface area contributed by atoms with Gasteiger partial charge in [-0.15, -0.1) is 0 Å². The molecule has 0 aliphatic carbocycles. The van der Waals surface area contributed by atoms with Crippen molar-refractivity contribution in [3.05, 3.63) is 107 Å². The second-order valence-electron chi connectivity index (χ2n) is 17.5. The molecule has 0 saturated carbocycles. The van der Waals surface area contributed by atoms with Gasteiger partial charge in [0, 0.05) is 97.7 Å². The largest absolute Gasteiger partial charge is 0.369 e. The van der Waals surface area contributed by atoms with Crippen LogP contribution in [0.15, 0.2) is 71.5 Å². The summed E-state index contributed by atoms with van der Waals surface area (Å²) in [6.45, 7) is 17.0. The summed E-state index contributed by atoms with van der Waals surface area (Å²) in [5.74, 6) is -0.0472. The van der Waals surface area contributed by atoms with E-state index in [0.717, 1.165) is 89.3 Å². The van der Waals surface area contributed by atoms with Gasteiger partial charge in [0.2, 0.25) is 29.3 Å². The van der Waals surface area contributed by atoms with Crippen molar-refractivity contribution in [1.29, 1.82) is 0 Å². The number of pyridine rings is 2. The topological polar surface area (TPSA) is 163 Å². The lowest BCUT2D eigenvalue weighted by molar-refractivity contribution is -0.134. The molecule has 2 aliphatic heterocycles. The standard InChI is InChI=1S/C47H53N9O4/c1-28(7-15-40(57)44-51-46(60-54-44)47(4,5)6)36-13-10-32(23-29(36)2)42-38-25-33(26-49-43(38)53-52-42)31-8-11-35(12-9-31)56-21-19-55(20-22-56)18-17-34-24-30(3)39(27-48-34)37-14-16-41(58)50-45(37)59/h8-13,23-28,37H,7,14-22H2,1-6H3,(H,49,52,53)(H,50,58,59)/t28-,37?/m0/s1. The second kappa shape index (κ2) is 16.9. The summed E-state index contributed by atoms with van der Waals surface area (Å²) in [4.78, 5) is 55.5. The van der Waals surface area contributed by atoms with Gasteiger partial charge in [0.05, 0.1) is 11.6 Å².